The third-order valence-electron chi connectivity index (χ3n) is 6.42. The molecule has 3 aromatic rings. The predicted octanol–water partition coefficient (Wildman–Crippen LogP) is 3.33. The van der Waals surface area contributed by atoms with Crippen LogP contribution in [0.15, 0.2) is 60.8 Å². The van der Waals surface area contributed by atoms with E-state index in [0.717, 1.165) is 28.7 Å². The number of urea groups is 2. The third-order valence-corrected chi connectivity index (χ3v) is 6.42. The summed E-state index contributed by atoms with van der Waals surface area (Å²) in [6.45, 7) is 4.25. The molecule has 0 aliphatic carbocycles. The van der Waals surface area contributed by atoms with Gasteiger partial charge < -0.3 is 20.9 Å². The molecule has 1 aliphatic heterocycles. The number of nitrogens with zero attached hydrogens (tertiary/aromatic N) is 4. The van der Waals surface area contributed by atoms with Gasteiger partial charge in [-0.3, -0.25) is 20.0 Å². The molecule has 12 heteroatoms. The summed E-state index contributed by atoms with van der Waals surface area (Å²) in [5.41, 5.74) is 9.33. The van der Waals surface area contributed by atoms with Gasteiger partial charge >= 0.3 is 12.1 Å². The zero-order valence-corrected chi connectivity index (χ0v) is 23.0. The van der Waals surface area contributed by atoms with Crippen LogP contribution in [0.1, 0.15) is 22.8 Å². The van der Waals surface area contributed by atoms with Gasteiger partial charge in [0.05, 0.1) is 18.8 Å². The van der Waals surface area contributed by atoms with Crippen LogP contribution in [0.4, 0.5) is 26.8 Å². The molecule has 1 fully saturated rings. The summed E-state index contributed by atoms with van der Waals surface area (Å²) in [6, 6.07) is 14.4. The van der Waals surface area contributed by atoms with Crippen LogP contribution in [0, 0.1) is 12.3 Å². The molecule has 1 aliphatic rings. The molecule has 1 unspecified atom stereocenters. The van der Waals surface area contributed by atoms with Crippen molar-refractivity contribution in [1.29, 1.82) is 5.41 Å². The highest BCUT2D eigenvalue weighted by Crippen LogP contribution is 2.34. The van der Waals surface area contributed by atoms with Crippen LogP contribution in [-0.2, 0) is 4.74 Å². The number of aliphatic hydroxyl groups is 1. The van der Waals surface area contributed by atoms with E-state index in [0.29, 0.717) is 29.3 Å². The number of amides is 5. The molecule has 5 amide bonds. The van der Waals surface area contributed by atoms with E-state index < -0.39 is 11.9 Å². The number of ether oxygens (including phenoxy) is 1. The average Bonchev–Trinajstić information content (AvgIpc) is 3.27. The van der Waals surface area contributed by atoms with Gasteiger partial charge in [0.2, 0.25) is 5.91 Å². The number of benzene rings is 2. The molecule has 1 aromatic heterocycles. The SMILES string of the molecule is CNC(=O)N(C(=N)OC)c1ccc(-c2ccnc(N3CC(C)N(c4cccc(C(N)=O)c4)C3=O)c2C)cc1.CO. The van der Waals surface area contributed by atoms with E-state index in [1.54, 1.807) is 52.4 Å². The van der Waals surface area contributed by atoms with Crippen molar-refractivity contribution in [2.24, 2.45) is 5.73 Å². The van der Waals surface area contributed by atoms with Gasteiger partial charge in [-0.1, -0.05) is 18.2 Å². The summed E-state index contributed by atoms with van der Waals surface area (Å²) in [4.78, 5) is 46.3. The van der Waals surface area contributed by atoms with Crippen LogP contribution in [-0.4, -0.2) is 67.9 Å². The molecule has 210 valence electrons. The lowest BCUT2D eigenvalue weighted by Crippen LogP contribution is -2.43. The standard InChI is InChI=1S/C27H29N7O4.CH4O/c1-16-15-32(27(37)33(16)21-7-5-6-19(14-21)23(28)35)24-17(2)22(12-13-31-24)18-8-10-20(11-9-18)34(25(29)38-4)26(36)30-3;1-2/h5-14,16,29H,15H2,1-4H3,(H2,28,35)(H,30,36);2H,1H3. The Kier molecular flexibility index (Phi) is 9.41. The number of primary amides is 1. The molecule has 0 spiro atoms. The van der Waals surface area contributed by atoms with E-state index in [1.807, 2.05) is 32.0 Å². The van der Waals surface area contributed by atoms with Crippen LogP contribution in [0.2, 0.25) is 0 Å². The first kappa shape index (κ1) is 29.6. The number of rotatable bonds is 5. The lowest BCUT2D eigenvalue weighted by molar-refractivity contribution is 0.1000. The maximum atomic E-state index is 13.5. The summed E-state index contributed by atoms with van der Waals surface area (Å²) < 4.78 is 4.95. The Morgan fingerprint density at radius 1 is 1.18 bits per heavy atom. The van der Waals surface area contributed by atoms with Crippen LogP contribution >= 0.6 is 0 Å². The molecular formula is C28H33N7O5. The summed E-state index contributed by atoms with van der Waals surface area (Å²) in [6.07, 6.45) is 1.65. The zero-order chi connectivity index (χ0) is 29.6. The smallest absolute Gasteiger partial charge is 0.330 e. The fourth-order valence-electron chi connectivity index (χ4n) is 4.52. The maximum absolute atomic E-state index is 13.5. The number of methoxy groups -OCH3 is 1. The third kappa shape index (κ3) is 5.71. The number of nitrogens with one attached hydrogen (secondary N) is 2. The van der Waals surface area contributed by atoms with Crippen LogP contribution in [0.3, 0.4) is 0 Å². The number of aromatic nitrogens is 1. The molecule has 0 radical (unpaired) electrons. The number of carbonyl (C=O) groups excluding carboxylic acids is 3. The molecule has 40 heavy (non-hydrogen) atoms. The molecule has 0 saturated carbocycles. The number of hydrogen-bond acceptors (Lipinski definition) is 7. The molecule has 5 N–H and O–H groups in total. The average molecular weight is 548 g/mol. The zero-order valence-electron chi connectivity index (χ0n) is 23.0. The van der Waals surface area contributed by atoms with Crippen molar-refractivity contribution in [1.82, 2.24) is 10.3 Å². The largest absolute Gasteiger partial charge is 0.468 e. The Balaban J connectivity index is 0.00000216. The Morgan fingerprint density at radius 3 is 2.45 bits per heavy atom. The highest BCUT2D eigenvalue weighted by molar-refractivity contribution is 6.12. The minimum absolute atomic E-state index is 0.165. The van der Waals surface area contributed by atoms with Crippen molar-refractivity contribution in [3.8, 4) is 11.1 Å². The molecule has 0 bridgehead atoms. The molecular weight excluding hydrogens is 514 g/mol. The maximum Gasteiger partial charge on any atom is 0.330 e. The summed E-state index contributed by atoms with van der Waals surface area (Å²) in [5.74, 6) is -0.0260. The number of aliphatic hydroxyl groups excluding tert-OH is 1. The number of anilines is 3. The Labute approximate surface area is 232 Å². The van der Waals surface area contributed by atoms with E-state index in [1.165, 1.54) is 14.2 Å². The van der Waals surface area contributed by atoms with Gasteiger partial charge in [0.1, 0.15) is 5.82 Å². The monoisotopic (exact) mass is 547 g/mol. The van der Waals surface area contributed by atoms with Crippen molar-refractivity contribution < 1.29 is 24.2 Å². The number of pyridine rings is 1. The first-order valence-corrected chi connectivity index (χ1v) is 12.3. The van der Waals surface area contributed by atoms with Crippen molar-refractivity contribution in [2.75, 3.05) is 42.5 Å². The molecule has 1 saturated heterocycles. The van der Waals surface area contributed by atoms with Crippen molar-refractivity contribution in [3.05, 3.63) is 71.9 Å². The lowest BCUT2D eigenvalue weighted by atomic mass is 10.0. The van der Waals surface area contributed by atoms with Gasteiger partial charge in [0.15, 0.2) is 0 Å². The first-order chi connectivity index (χ1) is 19.2. The van der Waals surface area contributed by atoms with Gasteiger partial charge in [-0.2, -0.15) is 0 Å². The number of nitrogens with two attached hydrogens (primary N) is 1. The van der Waals surface area contributed by atoms with Crippen molar-refractivity contribution >= 4 is 41.2 Å². The molecule has 1 atom stereocenters. The fraction of sp³-hybridized carbons (Fsp3) is 0.250. The quantitative estimate of drug-likeness (QED) is 0.283. The molecule has 12 nitrogen and oxygen atoms in total. The van der Waals surface area contributed by atoms with E-state index in [2.05, 4.69) is 10.3 Å². The summed E-state index contributed by atoms with van der Waals surface area (Å²) in [5, 5.41) is 17.5. The van der Waals surface area contributed by atoms with Gasteiger partial charge in [-0.25, -0.2) is 19.5 Å². The second-order valence-electron chi connectivity index (χ2n) is 8.78. The van der Waals surface area contributed by atoms with Gasteiger partial charge in [-0.15, -0.1) is 0 Å². The van der Waals surface area contributed by atoms with E-state index in [9.17, 15) is 14.4 Å². The normalized spacial score (nSPS) is 14.2. The molecule has 2 aromatic carbocycles. The van der Waals surface area contributed by atoms with Gasteiger partial charge in [0.25, 0.3) is 6.02 Å². The van der Waals surface area contributed by atoms with Gasteiger partial charge in [-0.05, 0) is 66.9 Å². The second kappa shape index (κ2) is 12.7. The van der Waals surface area contributed by atoms with E-state index >= 15 is 0 Å². The van der Waals surface area contributed by atoms with Crippen LogP contribution < -0.4 is 25.8 Å². The van der Waals surface area contributed by atoms with Crippen molar-refractivity contribution in [2.45, 2.75) is 19.9 Å². The fourth-order valence-corrected chi connectivity index (χ4v) is 4.52. The Hall–Kier alpha value is -4.97. The predicted molar refractivity (Wildman–Crippen MR) is 154 cm³/mol. The van der Waals surface area contributed by atoms with Crippen LogP contribution in [0.5, 0.6) is 0 Å². The first-order valence-electron chi connectivity index (χ1n) is 12.3. The molecule has 2 heterocycles. The topological polar surface area (TPSA) is 165 Å². The summed E-state index contributed by atoms with van der Waals surface area (Å²) in [7, 11) is 3.80. The number of amidine groups is 1. The van der Waals surface area contributed by atoms with E-state index in [-0.39, 0.29) is 18.1 Å². The minimum atomic E-state index is -0.559. The van der Waals surface area contributed by atoms with Crippen LogP contribution in [0.25, 0.3) is 11.1 Å². The Morgan fingerprint density at radius 2 is 1.85 bits per heavy atom. The second-order valence-corrected chi connectivity index (χ2v) is 8.78. The molecule has 4 rings (SSSR count). The Bertz CT molecular complexity index is 1390. The lowest BCUT2D eigenvalue weighted by Gasteiger charge is -2.22. The number of carbonyl (C=O) groups is 3. The summed E-state index contributed by atoms with van der Waals surface area (Å²) >= 11 is 0. The highest BCUT2D eigenvalue weighted by Gasteiger charge is 2.38. The van der Waals surface area contributed by atoms with E-state index in [4.69, 9.17) is 21.0 Å². The highest BCUT2D eigenvalue weighted by atomic mass is 16.5. The van der Waals surface area contributed by atoms with Crippen molar-refractivity contribution in [3.63, 3.8) is 0 Å². The number of hydrogen-bond donors (Lipinski definition) is 4. The minimum Gasteiger partial charge on any atom is -0.468 e. The van der Waals surface area contributed by atoms with Gasteiger partial charge in [0, 0.05) is 38.1 Å².